The molecule has 1 fully saturated rings. The van der Waals surface area contributed by atoms with Crippen LogP contribution in [0.2, 0.25) is 0 Å². The number of Topliss-reactive ketones (excluding diaryl/α,β-unsaturated/α-hetero) is 1. The molecule has 0 bridgehead atoms. The zero-order chi connectivity index (χ0) is 19.3. The molecule has 4 heterocycles. The molecule has 0 atom stereocenters. The van der Waals surface area contributed by atoms with E-state index in [0.29, 0.717) is 37.4 Å². The van der Waals surface area contributed by atoms with E-state index in [1.165, 1.54) is 6.33 Å². The Morgan fingerprint density at radius 1 is 1.36 bits per heavy atom. The van der Waals surface area contributed by atoms with Crippen LogP contribution < -0.4 is 4.90 Å². The minimum Gasteiger partial charge on any atom is -0.360 e. The van der Waals surface area contributed by atoms with Gasteiger partial charge in [-0.1, -0.05) is 5.16 Å². The molecule has 0 amide bonds. The second-order valence-electron chi connectivity index (χ2n) is 7.63. The highest BCUT2D eigenvalue weighted by Crippen LogP contribution is 2.44. The van der Waals surface area contributed by atoms with Gasteiger partial charge in [-0.2, -0.15) is 0 Å². The molecule has 1 N–H and O–H groups in total. The summed E-state index contributed by atoms with van der Waals surface area (Å²) in [6, 6.07) is 1.92. The third-order valence-electron chi connectivity index (χ3n) is 5.68. The fourth-order valence-corrected chi connectivity index (χ4v) is 4.16. The third kappa shape index (κ3) is 2.94. The van der Waals surface area contributed by atoms with Crippen molar-refractivity contribution < 1.29 is 18.1 Å². The fraction of sp³-hybridized carbons (Fsp3) is 0.474. The maximum atomic E-state index is 13.0. The topological polar surface area (TPSA) is 87.9 Å². The Bertz CT molecular complexity index is 1040. The molecule has 1 saturated carbocycles. The number of aromatic nitrogens is 4. The van der Waals surface area contributed by atoms with E-state index < -0.39 is 5.92 Å². The van der Waals surface area contributed by atoms with Crippen LogP contribution in [0, 0.1) is 5.92 Å². The van der Waals surface area contributed by atoms with Crippen molar-refractivity contribution in [1.82, 2.24) is 20.1 Å². The van der Waals surface area contributed by atoms with Crippen LogP contribution in [0.1, 0.15) is 47.5 Å². The molecule has 146 valence electrons. The molecular weight excluding hydrogens is 368 g/mol. The summed E-state index contributed by atoms with van der Waals surface area (Å²) in [6.07, 6.45) is 4.40. The number of carbonyl (C=O) groups excluding carboxylic acids is 1. The highest BCUT2D eigenvalue weighted by molar-refractivity contribution is 5.96. The van der Waals surface area contributed by atoms with Gasteiger partial charge >= 0.3 is 0 Å². The van der Waals surface area contributed by atoms with Gasteiger partial charge in [-0.25, -0.2) is 18.7 Å². The van der Waals surface area contributed by atoms with Crippen LogP contribution in [0.3, 0.4) is 0 Å². The number of nitrogens with one attached hydrogen (secondary N) is 1. The van der Waals surface area contributed by atoms with E-state index in [1.54, 1.807) is 0 Å². The Balaban J connectivity index is 1.33. The van der Waals surface area contributed by atoms with E-state index in [1.807, 2.05) is 12.3 Å². The minimum absolute atomic E-state index is 0.0823. The van der Waals surface area contributed by atoms with Gasteiger partial charge in [0.25, 0.3) is 0 Å². The fourth-order valence-electron chi connectivity index (χ4n) is 4.16. The number of anilines is 1. The first-order valence-electron chi connectivity index (χ1n) is 9.42. The van der Waals surface area contributed by atoms with E-state index in [-0.39, 0.29) is 31.0 Å². The molecule has 0 saturated heterocycles. The van der Waals surface area contributed by atoms with Crippen LogP contribution in [0.25, 0.3) is 11.0 Å². The summed E-state index contributed by atoms with van der Waals surface area (Å²) in [6.45, 7) is 1.17. The number of alkyl halides is 2. The van der Waals surface area contributed by atoms with Gasteiger partial charge in [-0.3, -0.25) is 4.79 Å². The van der Waals surface area contributed by atoms with Gasteiger partial charge in [-0.05, 0) is 18.4 Å². The van der Waals surface area contributed by atoms with E-state index in [0.717, 1.165) is 22.4 Å². The predicted molar refractivity (Wildman–Crippen MR) is 96.4 cm³/mol. The van der Waals surface area contributed by atoms with Crippen LogP contribution in [0.15, 0.2) is 23.1 Å². The zero-order valence-electron chi connectivity index (χ0n) is 15.1. The maximum Gasteiger partial charge on any atom is 0.248 e. The first kappa shape index (κ1) is 17.3. The Morgan fingerprint density at radius 3 is 3.04 bits per heavy atom. The van der Waals surface area contributed by atoms with Gasteiger partial charge in [0.1, 0.15) is 23.6 Å². The predicted octanol–water partition coefficient (Wildman–Crippen LogP) is 3.52. The van der Waals surface area contributed by atoms with Crippen molar-refractivity contribution in [3.05, 3.63) is 35.6 Å². The number of halogens is 2. The van der Waals surface area contributed by atoms with Crippen molar-refractivity contribution in [3.8, 4) is 0 Å². The molecule has 1 aliphatic heterocycles. The molecule has 9 heteroatoms. The molecule has 2 aliphatic rings. The molecule has 1 aliphatic carbocycles. The van der Waals surface area contributed by atoms with Crippen molar-refractivity contribution in [3.63, 3.8) is 0 Å². The lowest BCUT2D eigenvalue weighted by Gasteiger charge is -2.34. The smallest absolute Gasteiger partial charge is 0.248 e. The molecule has 3 aromatic rings. The summed E-state index contributed by atoms with van der Waals surface area (Å²) < 4.78 is 31.3. The van der Waals surface area contributed by atoms with Crippen molar-refractivity contribution in [2.24, 2.45) is 5.92 Å². The Labute approximate surface area is 159 Å². The van der Waals surface area contributed by atoms with Gasteiger partial charge in [0.05, 0.1) is 11.9 Å². The minimum atomic E-state index is -2.55. The maximum absolute atomic E-state index is 13.0. The average molecular weight is 387 g/mol. The van der Waals surface area contributed by atoms with E-state index in [9.17, 15) is 13.6 Å². The molecule has 0 radical (unpaired) electrons. The van der Waals surface area contributed by atoms with Crippen LogP contribution in [0.4, 0.5) is 14.6 Å². The van der Waals surface area contributed by atoms with Crippen LogP contribution >= 0.6 is 0 Å². The summed E-state index contributed by atoms with van der Waals surface area (Å²) >= 11 is 0. The number of ketones is 1. The van der Waals surface area contributed by atoms with Crippen molar-refractivity contribution in [2.45, 2.75) is 44.6 Å². The molecular formula is C19H19F2N5O2. The second kappa shape index (κ2) is 6.35. The Morgan fingerprint density at radius 2 is 2.21 bits per heavy atom. The number of nitrogens with zero attached hydrogens (tertiary/aromatic N) is 4. The number of aromatic amines is 1. The van der Waals surface area contributed by atoms with Crippen LogP contribution in [0.5, 0.6) is 0 Å². The van der Waals surface area contributed by atoms with Gasteiger partial charge in [-0.15, -0.1) is 0 Å². The third-order valence-corrected chi connectivity index (χ3v) is 5.68. The number of hydrogen-bond donors (Lipinski definition) is 1. The van der Waals surface area contributed by atoms with E-state index in [2.05, 4.69) is 25.0 Å². The van der Waals surface area contributed by atoms with Crippen molar-refractivity contribution in [2.75, 3.05) is 11.4 Å². The molecule has 5 rings (SSSR count). The highest BCUT2D eigenvalue weighted by atomic mass is 19.3. The monoisotopic (exact) mass is 387 g/mol. The lowest BCUT2D eigenvalue weighted by Crippen LogP contribution is -2.35. The number of hydrogen-bond acceptors (Lipinski definition) is 6. The Hall–Kier alpha value is -2.84. The number of carbonyl (C=O) groups is 1. The SMILES string of the molecule is O=C(CCC1CC(F)(F)C1)c1noc2c1CN(c1ncnc3[nH]ccc13)CC2. The van der Waals surface area contributed by atoms with Crippen LogP contribution in [-0.4, -0.2) is 38.4 Å². The molecule has 3 aromatic heterocycles. The Kier molecular flexibility index (Phi) is 3.92. The second-order valence-corrected chi connectivity index (χ2v) is 7.63. The van der Waals surface area contributed by atoms with Crippen LogP contribution in [-0.2, 0) is 13.0 Å². The summed E-state index contributed by atoms with van der Waals surface area (Å²) in [4.78, 5) is 26.4. The normalized spacial score (nSPS) is 18.9. The molecule has 0 unspecified atom stereocenters. The largest absolute Gasteiger partial charge is 0.360 e. The molecule has 7 nitrogen and oxygen atoms in total. The first-order valence-corrected chi connectivity index (χ1v) is 9.42. The summed E-state index contributed by atoms with van der Waals surface area (Å²) in [5.41, 5.74) is 1.86. The van der Waals surface area contributed by atoms with Gasteiger partial charge in [0.15, 0.2) is 11.5 Å². The summed E-state index contributed by atoms with van der Waals surface area (Å²) in [5, 5.41) is 4.91. The number of fused-ring (bicyclic) bond motifs is 2. The van der Waals surface area contributed by atoms with Gasteiger partial charge in [0.2, 0.25) is 5.92 Å². The zero-order valence-corrected chi connectivity index (χ0v) is 15.1. The quantitative estimate of drug-likeness (QED) is 0.674. The summed E-state index contributed by atoms with van der Waals surface area (Å²) in [5.74, 6) is -1.26. The van der Waals surface area contributed by atoms with Gasteiger partial charge < -0.3 is 14.4 Å². The standard InChI is InChI=1S/C19H19F2N5O2/c20-19(21)7-11(8-19)1-2-14(27)16-13-9-26(6-4-15(13)28-25-16)18-12-3-5-22-17(12)23-10-24-18/h3,5,10-11H,1-2,4,6-9H2,(H,22,23,24). The molecule has 28 heavy (non-hydrogen) atoms. The number of H-pyrrole nitrogens is 1. The molecule has 0 aromatic carbocycles. The highest BCUT2D eigenvalue weighted by Gasteiger charge is 2.45. The van der Waals surface area contributed by atoms with Gasteiger partial charge in [0, 0.05) is 44.0 Å². The first-order chi connectivity index (χ1) is 13.5. The molecule has 0 spiro atoms. The van der Waals surface area contributed by atoms with Crippen molar-refractivity contribution in [1.29, 1.82) is 0 Å². The van der Waals surface area contributed by atoms with E-state index >= 15 is 0 Å². The average Bonchev–Trinajstić information content (AvgIpc) is 3.30. The lowest BCUT2D eigenvalue weighted by atomic mass is 9.78. The van der Waals surface area contributed by atoms with E-state index in [4.69, 9.17) is 4.52 Å². The number of rotatable bonds is 5. The lowest BCUT2D eigenvalue weighted by molar-refractivity contribution is -0.111. The summed E-state index contributed by atoms with van der Waals surface area (Å²) in [7, 11) is 0. The van der Waals surface area contributed by atoms with Crippen molar-refractivity contribution >= 4 is 22.6 Å².